The monoisotopic (exact) mass is 202 g/mol. The minimum absolute atomic E-state index is 0.175. The van der Waals surface area contributed by atoms with Crippen LogP contribution in [0.3, 0.4) is 0 Å². The van der Waals surface area contributed by atoms with Crippen LogP contribution in [0.1, 0.15) is 25.3 Å². The first-order chi connectivity index (χ1) is 5.93. The second-order valence-corrected chi connectivity index (χ2v) is 5.19. The van der Waals surface area contributed by atoms with Crippen molar-refractivity contribution < 1.29 is 14.7 Å². The predicted octanol–water partition coefficient (Wildman–Crippen LogP) is 0.907. The molecular formula is C9H15O3P. The molecule has 3 nitrogen and oxygen atoms in total. The van der Waals surface area contributed by atoms with E-state index in [0.29, 0.717) is 0 Å². The maximum atomic E-state index is 9.17. The summed E-state index contributed by atoms with van der Waals surface area (Å²) in [7, 11) is -4.14. The molecule has 13 heavy (non-hydrogen) atoms. The molecule has 1 rings (SSSR count). The summed E-state index contributed by atoms with van der Waals surface area (Å²) >= 11 is 0. The molecule has 4 heteroatoms. The summed E-state index contributed by atoms with van der Waals surface area (Å²) in [5.41, 5.74) is 0.793. The van der Waals surface area contributed by atoms with Crippen molar-refractivity contribution in [1.82, 2.24) is 0 Å². The van der Waals surface area contributed by atoms with Gasteiger partial charge in [0, 0.05) is 0 Å². The van der Waals surface area contributed by atoms with Gasteiger partial charge >= 0.3 is 77.5 Å². The molecule has 0 spiro atoms. The van der Waals surface area contributed by atoms with Crippen LogP contribution in [-0.4, -0.2) is 14.7 Å². The number of hydrogen-bond donors (Lipinski definition) is 3. The Hall–Kier alpha value is -0.470. The second kappa shape index (κ2) is 3.72. The first-order valence-electron chi connectivity index (χ1n) is 4.19. The normalized spacial score (nSPS) is 13.4. The molecular weight excluding hydrogens is 187 g/mol. The van der Waals surface area contributed by atoms with Gasteiger partial charge < -0.3 is 0 Å². The first kappa shape index (κ1) is 10.6. The third-order valence-corrected chi connectivity index (χ3v) is 3.12. The van der Waals surface area contributed by atoms with E-state index in [4.69, 9.17) is 14.7 Å². The second-order valence-electron chi connectivity index (χ2n) is 3.38. The molecule has 0 saturated heterocycles. The number of hydrogen-bond acceptors (Lipinski definition) is 3. The summed E-state index contributed by atoms with van der Waals surface area (Å²) < 4.78 is 0. The van der Waals surface area contributed by atoms with Crippen LogP contribution in [0.5, 0.6) is 0 Å². The van der Waals surface area contributed by atoms with E-state index in [0.717, 1.165) is 5.56 Å². The fourth-order valence-corrected chi connectivity index (χ4v) is 2.39. The minimum atomic E-state index is -4.14. The van der Waals surface area contributed by atoms with E-state index in [9.17, 15) is 0 Å². The summed E-state index contributed by atoms with van der Waals surface area (Å²) in [4.78, 5) is 27.5. The summed E-state index contributed by atoms with van der Waals surface area (Å²) in [5, 5.41) is 0.282. The first-order valence-corrected chi connectivity index (χ1v) is 6.03. The van der Waals surface area contributed by atoms with Gasteiger partial charge in [0.15, 0.2) is 0 Å². The zero-order valence-electron chi connectivity index (χ0n) is 7.73. The van der Waals surface area contributed by atoms with Crippen molar-refractivity contribution in [1.29, 1.82) is 0 Å². The summed E-state index contributed by atoms with van der Waals surface area (Å²) in [6.45, 7) is 3.89. The Morgan fingerprint density at radius 2 is 1.62 bits per heavy atom. The van der Waals surface area contributed by atoms with Crippen molar-refractivity contribution in [3.8, 4) is 0 Å². The van der Waals surface area contributed by atoms with Crippen LogP contribution in [0.2, 0.25) is 0 Å². The summed E-state index contributed by atoms with van der Waals surface area (Å²) in [6.07, 6.45) is 0. The third-order valence-electron chi connectivity index (χ3n) is 1.94. The molecule has 1 aromatic carbocycles. The topological polar surface area (TPSA) is 60.7 Å². The SMILES string of the molecule is CC(C)c1ccccc1[PH](O)(O)O. The van der Waals surface area contributed by atoms with Crippen molar-refractivity contribution in [2.45, 2.75) is 19.8 Å². The molecule has 1 aromatic rings. The molecule has 0 aliphatic rings. The van der Waals surface area contributed by atoms with Gasteiger partial charge in [-0.05, 0) is 0 Å². The van der Waals surface area contributed by atoms with Gasteiger partial charge in [0.2, 0.25) is 0 Å². The Labute approximate surface area is 78.3 Å². The van der Waals surface area contributed by atoms with E-state index in [2.05, 4.69) is 0 Å². The van der Waals surface area contributed by atoms with E-state index < -0.39 is 7.94 Å². The standard InChI is InChI=1S/C9H15O3P/c1-7(2)8-5-3-4-6-9(8)13(10,11)12/h3-7,10-13H,1-2H3. The van der Waals surface area contributed by atoms with Gasteiger partial charge in [-0.25, -0.2) is 0 Å². The van der Waals surface area contributed by atoms with Gasteiger partial charge in [-0.15, -0.1) is 0 Å². The molecule has 0 aromatic heterocycles. The molecule has 0 radical (unpaired) electrons. The van der Waals surface area contributed by atoms with Gasteiger partial charge in [0.1, 0.15) is 0 Å². The van der Waals surface area contributed by atoms with Crippen molar-refractivity contribution >= 4 is 13.2 Å². The van der Waals surface area contributed by atoms with Crippen molar-refractivity contribution in [3.05, 3.63) is 29.8 Å². The molecule has 74 valence electrons. The fourth-order valence-electron chi connectivity index (χ4n) is 1.31. The summed E-state index contributed by atoms with van der Waals surface area (Å²) in [6, 6.07) is 6.86. The summed E-state index contributed by atoms with van der Waals surface area (Å²) in [5.74, 6) is 0.175. The van der Waals surface area contributed by atoms with Gasteiger partial charge in [0.05, 0.1) is 0 Å². The third kappa shape index (κ3) is 2.48. The Kier molecular flexibility index (Phi) is 3.04. The molecule has 0 bridgehead atoms. The van der Waals surface area contributed by atoms with Crippen LogP contribution in [0.25, 0.3) is 0 Å². The van der Waals surface area contributed by atoms with Gasteiger partial charge in [-0.2, -0.15) is 0 Å². The maximum absolute atomic E-state index is 9.17. The fraction of sp³-hybridized carbons (Fsp3) is 0.333. The Balaban J connectivity index is 3.20. The van der Waals surface area contributed by atoms with Crippen molar-refractivity contribution in [2.75, 3.05) is 0 Å². The van der Waals surface area contributed by atoms with Crippen LogP contribution in [0.15, 0.2) is 24.3 Å². The molecule has 0 unspecified atom stereocenters. The molecule has 0 amide bonds. The van der Waals surface area contributed by atoms with E-state index >= 15 is 0 Å². The van der Waals surface area contributed by atoms with Crippen LogP contribution in [0, 0.1) is 0 Å². The van der Waals surface area contributed by atoms with Crippen LogP contribution in [0.4, 0.5) is 0 Å². The zero-order valence-corrected chi connectivity index (χ0v) is 8.73. The Bertz CT molecular complexity index is 291. The average Bonchev–Trinajstić information content (AvgIpc) is 2.03. The molecule has 0 saturated carbocycles. The predicted molar refractivity (Wildman–Crippen MR) is 55.1 cm³/mol. The quantitative estimate of drug-likeness (QED) is 0.624. The van der Waals surface area contributed by atoms with Crippen LogP contribution >= 0.6 is 7.94 Å². The molecule has 0 heterocycles. The zero-order chi connectivity index (χ0) is 10.1. The van der Waals surface area contributed by atoms with Crippen LogP contribution < -0.4 is 5.30 Å². The van der Waals surface area contributed by atoms with Gasteiger partial charge in [0.25, 0.3) is 0 Å². The van der Waals surface area contributed by atoms with E-state index in [1.807, 2.05) is 19.9 Å². The van der Waals surface area contributed by atoms with E-state index in [-0.39, 0.29) is 11.2 Å². The van der Waals surface area contributed by atoms with Crippen molar-refractivity contribution in [2.24, 2.45) is 0 Å². The van der Waals surface area contributed by atoms with E-state index in [1.54, 1.807) is 18.2 Å². The van der Waals surface area contributed by atoms with Crippen LogP contribution in [-0.2, 0) is 0 Å². The molecule has 0 atom stereocenters. The Morgan fingerprint density at radius 1 is 1.08 bits per heavy atom. The van der Waals surface area contributed by atoms with Crippen molar-refractivity contribution in [3.63, 3.8) is 0 Å². The van der Waals surface area contributed by atoms with E-state index in [1.165, 1.54) is 0 Å². The average molecular weight is 202 g/mol. The molecule has 0 aliphatic carbocycles. The van der Waals surface area contributed by atoms with Gasteiger partial charge in [-0.3, -0.25) is 0 Å². The number of rotatable bonds is 2. The Morgan fingerprint density at radius 3 is 2.00 bits per heavy atom. The molecule has 0 fully saturated rings. The molecule has 3 N–H and O–H groups in total. The number of benzene rings is 1. The molecule has 0 aliphatic heterocycles. The van der Waals surface area contributed by atoms with Gasteiger partial charge in [-0.1, -0.05) is 0 Å².